The molecule has 1 aliphatic heterocycles. The normalized spacial score (nSPS) is 14.5. The largest absolute Gasteiger partial charge is 0.351 e. The van der Waals surface area contributed by atoms with Crippen LogP contribution in [0.25, 0.3) is 10.2 Å². The molecule has 1 aliphatic rings. The number of thiazole rings is 1. The maximum absolute atomic E-state index is 14.0. The zero-order chi connectivity index (χ0) is 26.7. The van der Waals surface area contributed by atoms with Crippen LogP contribution in [-0.2, 0) is 10.0 Å². The first-order chi connectivity index (χ1) is 18.3. The van der Waals surface area contributed by atoms with E-state index < -0.39 is 15.8 Å². The van der Waals surface area contributed by atoms with Crippen molar-refractivity contribution in [2.75, 3.05) is 48.9 Å². The number of benzene rings is 3. The fourth-order valence-electron chi connectivity index (χ4n) is 4.18. The average Bonchev–Trinajstić information content (AvgIpc) is 3.35. The summed E-state index contributed by atoms with van der Waals surface area (Å²) in [6.07, 6.45) is 0. The van der Waals surface area contributed by atoms with E-state index in [9.17, 15) is 22.0 Å². The minimum Gasteiger partial charge on any atom is -0.351 e. The first-order valence-electron chi connectivity index (χ1n) is 12.0. The van der Waals surface area contributed by atoms with Gasteiger partial charge in [-0.25, -0.2) is 22.2 Å². The number of hydrogen-bond acceptors (Lipinski definition) is 7. The topological polar surface area (TPSA) is 94.6 Å². The molecule has 198 valence electrons. The van der Waals surface area contributed by atoms with Gasteiger partial charge in [-0.05, 0) is 54.6 Å². The van der Waals surface area contributed by atoms with Gasteiger partial charge in [0.15, 0.2) is 5.13 Å². The molecule has 0 unspecified atom stereocenters. The zero-order valence-corrected chi connectivity index (χ0v) is 21.9. The van der Waals surface area contributed by atoms with Crippen LogP contribution in [0, 0.1) is 11.6 Å². The molecular weight excluding hydrogens is 532 g/mol. The Morgan fingerprint density at radius 3 is 2.45 bits per heavy atom. The van der Waals surface area contributed by atoms with Gasteiger partial charge in [0.25, 0.3) is 15.9 Å². The second kappa shape index (κ2) is 11.0. The Bertz CT molecular complexity index is 1550. The fraction of sp³-hybridized carbons (Fsp3) is 0.231. The number of piperazine rings is 1. The summed E-state index contributed by atoms with van der Waals surface area (Å²) in [6.45, 7) is 4.17. The van der Waals surface area contributed by atoms with Gasteiger partial charge in [-0.15, -0.1) is 0 Å². The first-order valence-corrected chi connectivity index (χ1v) is 14.3. The number of anilines is 2. The van der Waals surface area contributed by atoms with Crippen LogP contribution < -0.4 is 14.9 Å². The molecule has 0 radical (unpaired) electrons. The van der Waals surface area contributed by atoms with Crippen molar-refractivity contribution >= 4 is 48.3 Å². The van der Waals surface area contributed by atoms with Crippen LogP contribution in [0.2, 0.25) is 0 Å². The highest BCUT2D eigenvalue weighted by Crippen LogP contribution is 2.30. The molecular formula is C26H25F2N5O3S2. The van der Waals surface area contributed by atoms with E-state index in [-0.39, 0.29) is 22.3 Å². The van der Waals surface area contributed by atoms with Gasteiger partial charge in [-0.2, -0.15) is 0 Å². The molecule has 0 spiro atoms. The smallest absolute Gasteiger partial charge is 0.261 e. The van der Waals surface area contributed by atoms with Crippen molar-refractivity contribution in [1.82, 2.24) is 15.2 Å². The molecule has 8 nitrogen and oxygen atoms in total. The lowest BCUT2D eigenvalue weighted by Gasteiger charge is -2.34. The van der Waals surface area contributed by atoms with Gasteiger partial charge in [0.1, 0.15) is 17.2 Å². The Balaban J connectivity index is 1.11. The lowest BCUT2D eigenvalue weighted by molar-refractivity contribution is 0.0947. The maximum atomic E-state index is 14.0. The van der Waals surface area contributed by atoms with Crippen molar-refractivity contribution in [2.45, 2.75) is 4.90 Å². The number of hydrogen-bond donors (Lipinski definition) is 2. The third-order valence-corrected chi connectivity index (χ3v) is 8.69. The van der Waals surface area contributed by atoms with Crippen LogP contribution in [-0.4, -0.2) is 63.5 Å². The average molecular weight is 558 g/mol. The molecule has 3 aromatic carbocycles. The van der Waals surface area contributed by atoms with E-state index in [1.807, 2.05) is 6.07 Å². The van der Waals surface area contributed by atoms with E-state index in [1.54, 1.807) is 18.2 Å². The van der Waals surface area contributed by atoms with Crippen LogP contribution >= 0.6 is 11.3 Å². The van der Waals surface area contributed by atoms with Gasteiger partial charge in [0.2, 0.25) is 0 Å². The molecule has 12 heteroatoms. The van der Waals surface area contributed by atoms with Gasteiger partial charge in [0, 0.05) is 50.5 Å². The van der Waals surface area contributed by atoms with Crippen molar-refractivity contribution in [3.63, 3.8) is 0 Å². The van der Waals surface area contributed by atoms with Gasteiger partial charge in [-0.3, -0.25) is 14.4 Å². The third-order valence-electron chi connectivity index (χ3n) is 6.22. The summed E-state index contributed by atoms with van der Waals surface area (Å²) in [5.74, 6) is -1.16. The summed E-state index contributed by atoms with van der Waals surface area (Å²) < 4.78 is 55.5. The number of nitrogens with zero attached hydrogens (tertiary/aromatic N) is 3. The second-order valence-corrected chi connectivity index (χ2v) is 11.5. The zero-order valence-electron chi connectivity index (χ0n) is 20.2. The van der Waals surface area contributed by atoms with Crippen molar-refractivity contribution < 1.29 is 22.0 Å². The number of para-hydroxylation sites is 1. The number of carbonyl (C=O) groups is 1. The van der Waals surface area contributed by atoms with Gasteiger partial charge in [-0.1, -0.05) is 23.5 Å². The van der Waals surface area contributed by atoms with E-state index in [0.29, 0.717) is 24.2 Å². The highest BCUT2D eigenvalue weighted by atomic mass is 32.2. The number of amides is 1. The number of rotatable bonds is 8. The molecule has 0 bridgehead atoms. The van der Waals surface area contributed by atoms with Crippen LogP contribution in [0.1, 0.15) is 10.4 Å². The van der Waals surface area contributed by atoms with Crippen LogP contribution in [0.4, 0.5) is 19.6 Å². The predicted octanol–water partition coefficient (Wildman–Crippen LogP) is 3.93. The summed E-state index contributed by atoms with van der Waals surface area (Å²) >= 11 is 1.48. The number of halogens is 2. The highest BCUT2D eigenvalue weighted by molar-refractivity contribution is 7.92. The van der Waals surface area contributed by atoms with E-state index in [4.69, 9.17) is 0 Å². The molecule has 1 fully saturated rings. The standard InChI is InChI=1S/C26H25F2N5O3S2/c27-19-7-9-21(10-8-19)38(35,36)31-20-4-1-3-18(17-20)25(34)29-11-12-32-13-15-33(16-14-32)26-30-24-22(28)5-2-6-23(24)37-26/h1-10,17,31H,11-16H2,(H,29,34). The van der Waals surface area contributed by atoms with Crippen molar-refractivity contribution in [2.24, 2.45) is 0 Å². The van der Waals surface area contributed by atoms with E-state index in [2.05, 4.69) is 24.8 Å². The van der Waals surface area contributed by atoms with Crippen molar-refractivity contribution in [3.05, 3.63) is 83.9 Å². The number of sulfonamides is 1. The Kier molecular flexibility index (Phi) is 7.54. The van der Waals surface area contributed by atoms with Crippen LogP contribution in [0.5, 0.6) is 0 Å². The summed E-state index contributed by atoms with van der Waals surface area (Å²) in [5.41, 5.74) is 0.954. The second-order valence-electron chi connectivity index (χ2n) is 8.81. The predicted molar refractivity (Wildman–Crippen MR) is 144 cm³/mol. The molecule has 1 amide bonds. The monoisotopic (exact) mass is 557 g/mol. The molecule has 1 aromatic heterocycles. The molecule has 38 heavy (non-hydrogen) atoms. The van der Waals surface area contributed by atoms with E-state index >= 15 is 0 Å². The molecule has 0 atom stereocenters. The quantitative estimate of drug-likeness (QED) is 0.341. The summed E-state index contributed by atoms with van der Waals surface area (Å²) in [6, 6.07) is 15.6. The lowest BCUT2D eigenvalue weighted by Crippen LogP contribution is -2.48. The third kappa shape index (κ3) is 5.93. The Hall–Kier alpha value is -3.61. The summed E-state index contributed by atoms with van der Waals surface area (Å²) in [5, 5.41) is 3.69. The molecule has 0 aliphatic carbocycles. The van der Waals surface area contributed by atoms with E-state index in [0.717, 1.165) is 48.1 Å². The van der Waals surface area contributed by atoms with Gasteiger partial charge >= 0.3 is 0 Å². The van der Waals surface area contributed by atoms with E-state index in [1.165, 1.54) is 41.7 Å². The Morgan fingerprint density at radius 2 is 1.71 bits per heavy atom. The summed E-state index contributed by atoms with van der Waals surface area (Å²) in [4.78, 5) is 21.4. The lowest BCUT2D eigenvalue weighted by atomic mass is 10.2. The molecule has 0 saturated carbocycles. The SMILES string of the molecule is O=C(NCCN1CCN(c2nc3c(F)cccc3s2)CC1)c1cccc(NS(=O)(=O)c2ccc(F)cc2)c1. The minimum atomic E-state index is -3.92. The van der Waals surface area contributed by atoms with Crippen molar-refractivity contribution in [3.8, 4) is 0 Å². The number of nitrogens with one attached hydrogen (secondary N) is 2. The first kappa shape index (κ1) is 26.0. The van der Waals surface area contributed by atoms with Gasteiger partial charge in [0.05, 0.1) is 9.60 Å². The van der Waals surface area contributed by atoms with Crippen LogP contribution in [0.3, 0.4) is 0 Å². The number of aromatic nitrogens is 1. The molecule has 4 aromatic rings. The van der Waals surface area contributed by atoms with Crippen molar-refractivity contribution in [1.29, 1.82) is 0 Å². The highest BCUT2D eigenvalue weighted by Gasteiger charge is 2.21. The summed E-state index contributed by atoms with van der Waals surface area (Å²) in [7, 11) is -3.92. The Labute approximate surface area is 223 Å². The molecule has 2 heterocycles. The Morgan fingerprint density at radius 1 is 0.974 bits per heavy atom. The molecule has 5 rings (SSSR count). The molecule has 2 N–H and O–H groups in total. The number of carbonyl (C=O) groups excluding carboxylic acids is 1. The molecule has 1 saturated heterocycles. The number of fused-ring (bicyclic) bond motifs is 1. The minimum absolute atomic E-state index is 0.0795. The maximum Gasteiger partial charge on any atom is 0.261 e. The van der Waals surface area contributed by atoms with Crippen LogP contribution in [0.15, 0.2) is 71.6 Å². The van der Waals surface area contributed by atoms with Gasteiger partial charge < -0.3 is 10.2 Å². The fourth-order valence-corrected chi connectivity index (χ4v) is 6.26.